The summed E-state index contributed by atoms with van der Waals surface area (Å²) in [4.78, 5) is 13.7. The van der Waals surface area contributed by atoms with Gasteiger partial charge in [-0.15, -0.1) is 0 Å². The molecule has 6 nitrogen and oxygen atoms in total. The molecule has 1 N–H and O–H groups in total. The van der Waals surface area contributed by atoms with Gasteiger partial charge in [0.1, 0.15) is 0 Å². The smallest absolute Gasteiger partial charge is 0.267 e. The van der Waals surface area contributed by atoms with E-state index in [2.05, 4.69) is 10.5 Å². The van der Waals surface area contributed by atoms with Crippen molar-refractivity contribution < 1.29 is 13.2 Å². The normalized spacial score (nSPS) is 15.4. The molecule has 7 heteroatoms. The Kier molecular flexibility index (Phi) is 10.9. The van der Waals surface area contributed by atoms with E-state index in [4.69, 9.17) is 0 Å². The van der Waals surface area contributed by atoms with Crippen molar-refractivity contribution in [3.63, 3.8) is 0 Å². The number of benzene rings is 3. The third-order valence-corrected chi connectivity index (χ3v) is 9.22. The first-order valence-corrected chi connectivity index (χ1v) is 16.0. The minimum absolute atomic E-state index is 0.0931. The Balaban J connectivity index is 1.62. The van der Waals surface area contributed by atoms with E-state index >= 15 is 0 Å². The highest BCUT2D eigenvalue weighted by Gasteiger charge is 2.28. The van der Waals surface area contributed by atoms with Crippen LogP contribution in [0.1, 0.15) is 92.1 Å². The molecule has 212 valence electrons. The molecule has 0 unspecified atom stereocenters. The number of sulfonamides is 1. The predicted molar refractivity (Wildman–Crippen MR) is 163 cm³/mol. The maximum Gasteiger partial charge on any atom is 0.273 e. The van der Waals surface area contributed by atoms with E-state index in [1.807, 2.05) is 37.3 Å². The lowest BCUT2D eigenvalue weighted by Crippen LogP contribution is -2.33. The van der Waals surface area contributed by atoms with Gasteiger partial charge in [0.25, 0.3) is 15.9 Å². The zero-order valence-electron chi connectivity index (χ0n) is 23.5. The van der Waals surface area contributed by atoms with Gasteiger partial charge in [0.05, 0.1) is 22.7 Å². The molecular weight excluding hydrogens is 518 g/mol. The predicted octanol–water partition coefficient (Wildman–Crippen LogP) is 7.78. The van der Waals surface area contributed by atoms with Crippen LogP contribution in [0.15, 0.2) is 88.9 Å². The lowest BCUT2D eigenvalue weighted by molar-refractivity contribution is 0.0955. The minimum atomic E-state index is -3.97. The topological polar surface area (TPSA) is 78.8 Å². The molecule has 1 saturated carbocycles. The van der Waals surface area contributed by atoms with Crippen LogP contribution in [0.3, 0.4) is 0 Å². The summed E-state index contributed by atoms with van der Waals surface area (Å²) in [5, 5.41) is 4.55. The molecule has 0 bridgehead atoms. The van der Waals surface area contributed by atoms with Crippen LogP contribution in [-0.2, 0) is 16.6 Å². The summed E-state index contributed by atoms with van der Waals surface area (Å²) in [5.41, 5.74) is 6.17. The Morgan fingerprint density at radius 2 is 1.30 bits per heavy atom. The van der Waals surface area contributed by atoms with Crippen molar-refractivity contribution in [2.45, 2.75) is 89.0 Å². The van der Waals surface area contributed by atoms with Crippen molar-refractivity contribution in [3.05, 3.63) is 95.6 Å². The van der Waals surface area contributed by atoms with Crippen molar-refractivity contribution >= 4 is 27.3 Å². The average molecular weight is 560 g/mol. The number of hydrogen-bond donors (Lipinski definition) is 1. The van der Waals surface area contributed by atoms with Crippen LogP contribution in [0.5, 0.6) is 0 Å². The molecule has 1 fully saturated rings. The molecule has 1 aliphatic carbocycles. The van der Waals surface area contributed by atoms with E-state index in [1.54, 1.807) is 48.5 Å². The fraction of sp³-hybridized carbons (Fsp3) is 0.394. The van der Waals surface area contributed by atoms with Gasteiger partial charge < -0.3 is 0 Å². The number of aryl methyl sites for hydroxylation is 1. The van der Waals surface area contributed by atoms with Gasteiger partial charge in [0.15, 0.2) is 0 Å². The highest BCUT2D eigenvalue weighted by Crippen LogP contribution is 2.29. The SMILES string of the molecule is Cc1ccc(S(=O)(=O)N(Cc2ccccc2)c2ccccc2C(=O)NN=C2CCCCCCCCCCC2)cc1. The molecule has 3 aromatic carbocycles. The molecule has 3 aromatic rings. The Hall–Kier alpha value is -3.45. The average Bonchev–Trinajstić information content (AvgIpc) is 2.96. The number of carbonyl (C=O) groups is 1. The number of nitrogens with one attached hydrogen (secondary N) is 1. The van der Waals surface area contributed by atoms with Gasteiger partial charge >= 0.3 is 0 Å². The number of anilines is 1. The number of hydrogen-bond acceptors (Lipinski definition) is 4. The van der Waals surface area contributed by atoms with E-state index in [1.165, 1.54) is 49.3 Å². The van der Waals surface area contributed by atoms with Crippen molar-refractivity contribution in [3.8, 4) is 0 Å². The van der Waals surface area contributed by atoms with Crippen molar-refractivity contribution in [1.29, 1.82) is 0 Å². The first kappa shape index (κ1) is 29.5. The summed E-state index contributed by atoms with van der Waals surface area (Å²) in [5.74, 6) is -0.411. The number of nitrogens with zero attached hydrogens (tertiary/aromatic N) is 2. The van der Waals surface area contributed by atoms with Gasteiger partial charge in [-0.25, -0.2) is 13.8 Å². The van der Waals surface area contributed by atoms with Crippen molar-refractivity contribution in [2.75, 3.05) is 4.31 Å². The molecule has 0 saturated heterocycles. The van der Waals surface area contributed by atoms with Crippen LogP contribution >= 0.6 is 0 Å². The molecule has 0 spiro atoms. The van der Waals surface area contributed by atoms with Gasteiger partial charge in [0.2, 0.25) is 0 Å². The fourth-order valence-electron chi connectivity index (χ4n) is 5.09. The van der Waals surface area contributed by atoms with Crippen molar-refractivity contribution in [1.82, 2.24) is 5.43 Å². The van der Waals surface area contributed by atoms with Crippen LogP contribution < -0.4 is 9.73 Å². The second-order valence-corrected chi connectivity index (χ2v) is 12.5. The van der Waals surface area contributed by atoms with Gasteiger partial charge in [-0.3, -0.25) is 9.10 Å². The molecule has 0 atom stereocenters. The second kappa shape index (κ2) is 14.8. The molecule has 0 aromatic heterocycles. The molecule has 0 heterocycles. The molecule has 4 rings (SSSR count). The first-order chi connectivity index (χ1) is 19.4. The fourth-order valence-corrected chi connectivity index (χ4v) is 6.56. The molecule has 40 heavy (non-hydrogen) atoms. The van der Waals surface area contributed by atoms with Crippen LogP contribution in [-0.4, -0.2) is 20.0 Å². The van der Waals surface area contributed by atoms with Gasteiger partial charge in [0, 0.05) is 5.71 Å². The standard InChI is InChI=1S/C33H41N3O3S/c1-27-22-24-30(25-23-27)40(38,39)36(26-28-16-10-9-11-17-28)32-21-15-14-20-31(32)33(37)35-34-29-18-12-7-5-3-2-4-6-8-13-19-29/h9-11,14-17,20-25H,2-8,12-13,18-19,26H2,1H3,(H,35,37). The van der Waals surface area contributed by atoms with E-state index < -0.39 is 15.9 Å². The molecular formula is C33H41N3O3S. The third kappa shape index (κ3) is 8.28. The van der Waals surface area contributed by atoms with Gasteiger partial charge in [-0.1, -0.05) is 105 Å². The summed E-state index contributed by atoms with van der Waals surface area (Å²) in [6.45, 7) is 2.01. The number of amides is 1. The highest BCUT2D eigenvalue weighted by atomic mass is 32.2. The van der Waals surface area contributed by atoms with Crippen LogP contribution in [0.4, 0.5) is 5.69 Å². The number of hydrazone groups is 1. The van der Waals surface area contributed by atoms with Crippen LogP contribution in [0.2, 0.25) is 0 Å². The summed E-state index contributed by atoms with van der Waals surface area (Å²) >= 11 is 0. The summed E-state index contributed by atoms with van der Waals surface area (Å²) < 4.78 is 29.3. The van der Waals surface area contributed by atoms with Crippen molar-refractivity contribution in [2.24, 2.45) is 5.10 Å². The summed E-state index contributed by atoms with van der Waals surface area (Å²) in [6, 6.07) is 23.1. The Bertz CT molecular complexity index is 1360. The lowest BCUT2D eigenvalue weighted by atomic mass is 10.00. The number of rotatable bonds is 7. The highest BCUT2D eigenvalue weighted by molar-refractivity contribution is 7.92. The van der Waals surface area contributed by atoms with E-state index in [-0.39, 0.29) is 17.0 Å². The van der Waals surface area contributed by atoms with Crippen LogP contribution in [0.25, 0.3) is 0 Å². The molecule has 0 radical (unpaired) electrons. The summed E-state index contributed by atoms with van der Waals surface area (Å²) in [7, 11) is -3.97. The Morgan fingerprint density at radius 3 is 1.93 bits per heavy atom. The Labute approximate surface area is 239 Å². The molecule has 1 amide bonds. The number of carbonyl (C=O) groups excluding carboxylic acids is 1. The largest absolute Gasteiger partial charge is 0.273 e. The monoisotopic (exact) mass is 559 g/mol. The zero-order chi connectivity index (χ0) is 28.2. The maximum absolute atomic E-state index is 14.0. The van der Waals surface area contributed by atoms with E-state index in [0.29, 0.717) is 5.69 Å². The van der Waals surface area contributed by atoms with E-state index in [0.717, 1.165) is 42.5 Å². The lowest BCUT2D eigenvalue weighted by Gasteiger charge is -2.26. The third-order valence-electron chi connectivity index (χ3n) is 7.44. The number of para-hydroxylation sites is 1. The minimum Gasteiger partial charge on any atom is -0.267 e. The quantitative estimate of drug-likeness (QED) is 0.300. The van der Waals surface area contributed by atoms with Gasteiger partial charge in [-0.2, -0.15) is 5.10 Å². The Morgan fingerprint density at radius 1 is 0.750 bits per heavy atom. The molecule has 1 aliphatic rings. The first-order valence-electron chi connectivity index (χ1n) is 14.5. The van der Waals surface area contributed by atoms with E-state index in [9.17, 15) is 13.2 Å². The second-order valence-electron chi connectivity index (χ2n) is 10.6. The maximum atomic E-state index is 14.0. The van der Waals surface area contributed by atoms with Gasteiger partial charge in [-0.05, 0) is 62.4 Å². The summed E-state index contributed by atoms with van der Waals surface area (Å²) in [6.07, 6.45) is 12.7. The zero-order valence-corrected chi connectivity index (χ0v) is 24.3. The van der Waals surface area contributed by atoms with Crippen LogP contribution in [0, 0.1) is 6.92 Å². The molecule has 0 aliphatic heterocycles.